The Balaban J connectivity index is 1.74. The number of rotatable bonds is 4. The maximum atomic E-state index is 4.72. The zero-order valence-corrected chi connectivity index (χ0v) is 14.4. The predicted octanol–water partition coefficient (Wildman–Crippen LogP) is 5.17. The van der Waals surface area contributed by atoms with Crippen molar-refractivity contribution in [2.75, 3.05) is 5.32 Å². The van der Waals surface area contributed by atoms with Crippen molar-refractivity contribution in [1.29, 1.82) is 0 Å². The third-order valence-electron chi connectivity index (χ3n) is 4.36. The fourth-order valence-electron chi connectivity index (χ4n) is 3.14. The molecule has 0 saturated heterocycles. The first-order valence-electron chi connectivity index (χ1n) is 8.49. The van der Waals surface area contributed by atoms with Gasteiger partial charge in [0.2, 0.25) is 5.95 Å². The number of aryl methyl sites for hydroxylation is 2. The van der Waals surface area contributed by atoms with Gasteiger partial charge in [-0.2, -0.15) is 0 Å². The van der Waals surface area contributed by atoms with Crippen LogP contribution in [0.3, 0.4) is 0 Å². The van der Waals surface area contributed by atoms with E-state index in [1.54, 1.807) is 6.20 Å². The molecule has 0 radical (unpaired) electrons. The minimum atomic E-state index is 0.607. The van der Waals surface area contributed by atoms with Crippen molar-refractivity contribution in [2.24, 2.45) is 0 Å². The van der Waals surface area contributed by atoms with E-state index in [9.17, 15) is 0 Å². The predicted molar refractivity (Wildman–Crippen MR) is 103 cm³/mol. The Hall–Kier alpha value is -3.14. The molecule has 2 heterocycles. The lowest BCUT2D eigenvalue weighted by Crippen LogP contribution is -1.98. The lowest BCUT2D eigenvalue weighted by Gasteiger charge is -2.08. The van der Waals surface area contributed by atoms with E-state index in [0.717, 1.165) is 23.5 Å². The zero-order valence-electron chi connectivity index (χ0n) is 14.4. The van der Waals surface area contributed by atoms with Gasteiger partial charge in [0.1, 0.15) is 0 Å². The first kappa shape index (κ1) is 15.4. The first-order valence-corrected chi connectivity index (χ1v) is 8.49. The molecule has 0 spiro atoms. The van der Waals surface area contributed by atoms with Gasteiger partial charge in [-0.05, 0) is 49.7 Å². The molecule has 4 rings (SSSR count). The molecule has 0 saturated carbocycles. The molecule has 4 aromatic rings. The second-order valence-electron chi connectivity index (χ2n) is 6.10. The number of nitrogens with one attached hydrogen (secondary N) is 1. The molecule has 0 bridgehead atoms. The minimum absolute atomic E-state index is 0.607. The Labute approximate surface area is 147 Å². The van der Waals surface area contributed by atoms with Crippen LogP contribution in [-0.4, -0.2) is 14.5 Å². The highest BCUT2D eigenvalue weighted by Gasteiger charge is 2.09. The molecule has 0 unspecified atom stereocenters. The number of anilines is 2. The standard InChI is InChI=1S/C21H20N4/c1-3-25-13-11-18-17(8-5-9-20(18)25)19-10-12-22-21(24-19)23-16-7-4-6-15(2)14-16/h4-14H,3H2,1-2H3,(H,22,23,24). The van der Waals surface area contributed by atoms with E-state index in [2.05, 4.69) is 71.3 Å². The quantitative estimate of drug-likeness (QED) is 0.562. The normalized spacial score (nSPS) is 11.0. The number of nitrogens with zero attached hydrogens (tertiary/aromatic N) is 3. The van der Waals surface area contributed by atoms with E-state index in [4.69, 9.17) is 4.98 Å². The molecule has 2 aromatic heterocycles. The highest BCUT2D eigenvalue weighted by atomic mass is 15.1. The fraction of sp³-hybridized carbons (Fsp3) is 0.143. The smallest absolute Gasteiger partial charge is 0.227 e. The van der Waals surface area contributed by atoms with Gasteiger partial charge in [-0.1, -0.05) is 24.3 Å². The molecular weight excluding hydrogens is 308 g/mol. The van der Waals surface area contributed by atoms with Gasteiger partial charge in [0.15, 0.2) is 0 Å². The number of aromatic nitrogens is 3. The summed E-state index contributed by atoms with van der Waals surface area (Å²) in [7, 11) is 0. The molecular formula is C21H20N4. The highest BCUT2D eigenvalue weighted by molar-refractivity contribution is 5.94. The Kier molecular flexibility index (Phi) is 3.94. The summed E-state index contributed by atoms with van der Waals surface area (Å²) in [5.41, 5.74) is 5.47. The molecule has 1 N–H and O–H groups in total. The summed E-state index contributed by atoms with van der Waals surface area (Å²) < 4.78 is 2.24. The van der Waals surface area contributed by atoms with Crippen molar-refractivity contribution < 1.29 is 0 Å². The van der Waals surface area contributed by atoms with Gasteiger partial charge < -0.3 is 9.88 Å². The SMILES string of the molecule is CCn1ccc2c(-c3ccnc(Nc4cccc(C)c4)n3)cccc21. The Bertz CT molecular complexity index is 1030. The highest BCUT2D eigenvalue weighted by Crippen LogP contribution is 2.29. The zero-order chi connectivity index (χ0) is 17.2. The minimum Gasteiger partial charge on any atom is -0.348 e. The third-order valence-corrected chi connectivity index (χ3v) is 4.36. The monoisotopic (exact) mass is 328 g/mol. The topological polar surface area (TPSA) is 42.7 Å². The molecule has 25 heavy (non-hydrogen) atoms. The number of hydrogen-bond donors (Lipinski definition) is 1. The molecule has 4 heteroatoms. The van der Waals surface area contributed by atoms with Crippen LogP contribution in [0.5, 0.6) is 0 Å². The van der Waals surface area contributed by atoms with Gasteiger partial charge in [0.05, 0.1) is 5.69 Å². The van der Waals surface area contributed by atoms with E-state index in [0.29, 0.717) is 5.95 Å². The number of hydrogen-bond acceptors (Lipinski definition) is 3. The van der Waals surface area contributed by atoms with Gasteiger partial charge in [-0.3, -0.25) is 0 Å². The van der Waals surface area contributed by atoms with Gasteiger partial charge in [0, 0.05) is 41.1 Å². The molecule has 0 atom stereocenters. The lowest BCUT2D eigenvalue weighted by molar-refractivity contribution is 0.798. The van der Waals surface area contributed by atoms with Crippen molar-refractivity contribution in [3.63, 3.8) is 0 Å². The van der Waals surface area contributed by atoms with Crippen molar-refractivity contribution in [2.45, 2.75) is 20.4 Å². The Morgan fingerprint density at radius 3 is 2.76 bits per heavy atom. The van der Waals surface area contributed by atoms with E-state index in [1.165, 1.54) is 16.5 Å². The van der Waals surface area contributed by atoms with E-state index in [1.807, 2.05) is 18.2 Å². The summed E-state index contributed by atoms with van der Waals surface area (Å²) in [5, 5.41) is 4.50. The first-order chi connectivity index (χ1) is 12.2. The summed E-state index contributed by atoms with van der Waals surface area (Å²) in [6.07, 6.45) is 3.93. The molecule has 0 amide bonds. The average molecular weight is 328 g/mol. The largest absolute Gasteiger partial charge is 0.348 e. The van der Waals surface area contributed by atoms with Crippen LogP contribution in [0.25, 0.3) is 22.2 Å². The Morgan fingerprint density at radius 1 is 1.04 bits per heavy atom. The van der Waals surface area contributed by atoms with Crippen LogP contribution in [0, 0.1) is 6.92 Å². The van der Waals surface area contributed by atoms with Crippen LogP contribution in [0.4, 0.5) is 11.6 Å². The van der Waals surface area contributed by atoms with Crippen LogP contribution >= 0.6 is 0 Å². The molecule has 0 aliphatic carbocycles. The number of fused-ring (bicyclic) bond motifs is 1. The summed E-state index contributed by atoms with van der Waals surface area (Å²) in [6.45, 7) is 5.18. The van der Waals surface area contributed by atoms with Gasteiger partial charge in [-0.15, -0.1) is 0 Å². The lowest BCUT2D eigenvalue weighted by atomic mass is 10.1. The van der Waals surface area contributed by atoms with Crippen molar-refractivity contribution in [3.8, 4) is 11.3 Å². The molecule has 124 valence electrons. The van der Waals surface area contributed by atoms with Crippen LogP contribution < -0.4 is 5.32 Å². The summed E-state index contributed by atoms with van der Waals surface area (Å²) >= 11 is 0. The second kappa shape index (κ2) is 6.40. The molecule has 4 nitrogen and oxygen atoms in total. The summed E-state index contributed by atoms with van der Waals surface area (Å²) in [5.74, 6) is 0.607. The van der Waals surface area contributed by atoms with Crippen LogP contribution in [0.2, 0.25) is 0 Å². The van der Waals surface area contributed by atoms with E-state index >= 15 is 0 Å². The fourth-order valence-corrected chi connectivity index (χ4v) is 3.14. The van der Waals surface area contributed by atoms with Crippen molar-refractivity contribution in [3.05, 3.63) is 72.6 Å². The van der Waals surface area contributed by atoms with E-state index < -0.39 is 0 Å². The average Bonchev–Trinajstić information content (AvgIpc) is 3.05. The third kappa shape index (κ3) is 2.98. The molecule has 0 aliphatic rings. The van der Waals surface area contributed by atoms with Crippen molar-refractivity contribution in [1.82, 2.24) is 14.5 Å². The van der Waals surface area contributed by atoms with E-state index in [-0.39, 0.29) is 0 Å². The maximum Gasteiger partial charge on any atom is 0.227 e. The van der Waals surface area contributed by atoms with Gasteiger partial charge >= 0.3 is 0 Å². The summed E-state index contributed by atoms with van der Waals surface area (Å²) in [4.78, 5) is 9.09. The summed E-state index contributed by atoms with van der Waals surface area (Å²) in [6, 6.07) is 18.7. The maximum absolute atomic E-state index is 4.72. The number of benzene rings is 2. The Morgan fingerprint density at radius 2 is 1.92 bits per heavy atom. The van der Waals surface area contributed by atoms with Gasteiger partial charge in [-0.25, -0.2) is 9.97 Å². The molecule has 0 aliphatic heterocycles. The molecule has 0 fully saturated rings. The van der Waals surface area contributed by atoms with Crippen LogP contribution in [0.15, 0.2) is 67.0 Å². The van der Waals surface area contributed by atoms with Gasteiger partial charge in [0.25, 0.3) is 0 Å². The molecule has 2 aromatic carbocycles. The van der Waals surface area contributed by atoms with Crippen LogP contribution in [-0.2, 0) is 6.54 Å². The van der Waals surface area contributed by atoms with Crippen LogP contribution in [0.1, 0.15) is 12.5 Å². The second-order valence-corrected chi connectivity index (χ2v) is 6.10. The van der Waals surface area contributed by atoms with Crippen molar-refractivity contribution >= 4 is 22.5 Å².